The quantitative estimate of drug-likeness (QED) is 0.166. The zero-order valence-corrected chi connectivity index (χ0v) is 29.2. The van der Waals surface area contributed by atoms with Crippen LogP contribution in [0, 0.1) is 17.9 Å². The molecule has 9 aromatic rings. The van der Waals surface area contributed by atoms with Crippen LogP contribution in [-0.2, 0) is 5.41 Å². The summed E-state index contributed by atoms with van der Waals surface area (Å²) in [6.45, 7) is 7.44. The standard InChI is InChI=1S/C51H31N3/c1-53-43-28-24-37(25-29-43)40-31-38(35-20-18-34(33-52)19-21-35)30-39(32-40)36-22-26-42(27-23-36)51(41-10-3-2-4-11-41)46-14-6-8-17-49(46)54-48-16-7-5-12-44(48)45-13-9-15-47(51)50(45)54/h2-32H. The van der Waals surface area contributed by atoms with Gasteiger partial charge in [0, 0.05) is 10.8 Å². The van der Waals surface area contributed by atoms with Crippen LogP contribution in [-0.4, -0.2) is 4.57 Å². The van der Waals surface area contributed by atoms with Crippen molar-refractivity contribution in [3.05, 3.63) is 227 Å². The van der Waals surface area contributed by atoms with Crippen molar-refractivity contribution in [3.8, 4) is 45.1 Å². The minimum Gasteiger partial charge on any atom is -0.309 e. The lowest BCUT2D eigenvalue weighted by molar-refractivity contribution is 0.728. The van der Waals surface area contributed by atoms with Gasteiger partial charge in [-0.05, 0) is 98.1 Å². The van der Waals surface area contributed by atoms with Gasteiger partial charge in [0.05, 0.1) is 40.3 Å². The molecule has 0 aliphatic carbocycles. The first-order chi connectivity index (χ1) is 26.7. The molecule has 1 aliphatic heterocycles. The van der Waals surface area contributed by atoms with Crippen molar-refractivity contribution in [1.82, 2.24) is 4.57 Å². The van der Waals surface area contributed by atoms with Crippen molar-refractivity contribution in [2.75, 3.05) is 0 Å². The van der Waals surface area contributed by atoms with E-state index in [1.165, 1.54) is 49.7 Å². The van der Waals surface area contributed by atoms with Gasteiger partial charge in [0.2, 0.25) is 0 Å². The van der Waals surface area contributed by atoms with Gasteiger partial charge in [0.25, 0.3) is 0 Å². The molecular weight excluding hydrogens is 655 g/mol. The number of nitrogens with zero attached hydrogens (tertiary/aromatic N) is 3. The Kier molecular flexibility index (Phi) is 7.15. The normalized spacial score (nSPS) is 14.3. The molecule has 0 saturated carbocycles. The van der Waals surface area contributed by atoms with Gasteiger partial charge in [-0.2, -0.15) is 5.26 Å². The number of hydrogen-bond acceptors (Lipinski definition) is 1. The maximum absolute atomic E-state index is 9.44. The average molecular weight is 686 g/mol. The molecule has 0 fully saturated rings. The molecule has 0 N–H and O–H groups in total. The summed E-state index contributed by atoms with van der Waals surface area (Å²) in [5.74, 6) is 0. The molecule has 3 nitrogen and oxygen atoms in total. The Bertz CT molecular complexity index is 2900. The molecule has 0 saturated heterocycles. The third-order valence-electron chi connectivity index (χ3n) is 11.1. The summed E-state index contributed by atoms with van der Waals surface area (Å²) in [6, 6.07) is 69.0. The fourth-order valence-electron chi connectivity index (χ4n) is 8.68. The van der Waals surface area contributed by atoms with Crippen LogP contribution in [0.1, 0.15) is 27.8 Å². The highest BCUT2D eigenvalue weighted by molar-refractivity contribution is 6.12. The minimum absolute atomic E-state index is 0.569. The van der Waals surface area contributed by atoms with Gasteiger partial charge in [-0.15, -0.1) is 0 Å². The number of aromatic nitrogens is 1. The fraction of sp³-hybridized carbons (Fsp3) is 0.0196. The first-order valence-electron chi connectivity index (χ1n) is 18.1. The van der Waals surface area contributed by atoms with E-state index in [0.29, 0.717) is 11.3 Å². The van der Waals surface area contributed by atoms with Crippen LogP contribution in [0.4, 0.5) is 5.69 Å². The third-order valence-corrected chi connectivity index (χ3v) is 11.1. The zero-order chi connectivity index (χ0) is 36.2. The van der Waals surface area contributed by atoms with Crippen LogP contribution < -0.4 is 0 Å². The van der Waals surface area contributed by atoms with Gasteiger partial charge >= 0.3 is 0 Å². The van der Waals surface area contributed by atoms with E-state index in [1.54, 1.807) is 0 Å². The second kappa shape index (κ2) is 12.3. The highest BCUT2D eigenvalue weighted by Crippen LogP contribution is 2.54. The van der Waals surface area contributed by atoms with E-state index in [0.717, 1.165) is 33.4 Å². The molecule has 54 heavy (non-hydrogen) atoms. The Balaban J connectivity index is 1.20. The minimum atomic E-state index is -0.569. The summed E-state index contributed by atoms with van der Waals surface area (Å²) in [4.78, 5) is 3.60. The van der Waals surface area contributed by atoms with Gasteiger partial charge in [-0.1, -0.05) is 146 Å². The molecule has 1 atom stereocenters. The molecule has 1 aliphatic rings. The highest BCUT2D eigenvalue weighted by Gasteiger charge is 2.45. The van der Waals surface area contributed by atoms with E-state index in [-0.39, 0.29) is 0 Å². The zero-order valence-electron chi connectivity index (χ0n) is 29.2. The largest absolute Gasteiger partial charge is 0.309 e. The number of fused-ring (bicyclic) bond motifs is 5. The molecule has 0 spiro atoms. The van der Waals surface area contributed by atoms with Gasteiger partial charge in [-0.3, -0.25) is 0 Å². The van der Waals surface area contributed by atoms with Crippen LogP contribution in [0.3, 0.4) is 0 Å². The predicted octanol–water partition coefficient (Wildman–Crippen LogP) is 12.9. The van der Waals surface area contributed by atoms with Crippen molar-refractivity contribution in [2.24, 2.45) is 0 Å². The van der Waals surface area contributed by atoms with Crippen molar-refractivity contribution < 1.29 is 0 Å². The third kappa shape index (κ3) is 4.66. The molecule has 1 unspecified atom stereocenters. The molecule has 250 valence electrons. The number of rotatable bonds is 5. The Morgan fingerprint density at radius 2 is 1.02 bits per heavy atom. The molecule has 0 bridgehead atoms. The van der Waals surface area contributed by atoms with Crippen molar-refractivity contribution in [3.63, 3.8) is 0 Å². The molecule has 0 amide bonds. The van der Waals surface area contributed by atoms with Gasteiger partial charge in [-0.25, -0.2) is 4.85 Å². The van der Waals surface area contributed by atoms with Gasteiger partial charge < -0.3 is 4.57 Å². The first-order valence-corrected chi connectivity index (χ1v) is 18.1. The van der Waals surface area contributed by atoms with Crippen LogP contribution in [0.5, 0.6) is 0 Å². The molecule has 8 aromatic carbocycles. The van der Waals surface area contributed by atoms with E-state index in [9.17, 15) is 5.26 Å². The Labute approximate surface area is 314 Å². The average Bonchev–Trinajstić information content (AvgIpc) is 3.60. The summed E-state index contributed by atoms with van der Waals surface area (Å²) in [5, 5.41) is 12.0. The van der Waals surface area contributed by atoms with Crippen molar-refractivity contribution >= 4 is 27.5 Å². The topological polar surface area (TPSA) is 33.1 Å². The number of nitriles is 1. The maximum Gasteiger partial charge on any atom is 0.187 e. The Morgan fingerprint density at radius 3 is 1.69 bits per heavy atom. The SMILES string of the molecule is [C-]#[N+]c1ccc(-c2cc(-c3ccc(C#N)cc3)cc(-c3ccc(C4(c5ccccc5)c5ccccc5-n5c6ccccc6c6cccc4c65)cc3)c2)cc1. The second-order valence-corrected chi connectivity index (χ2v) is 13.9. The Morgan fingerprint density at radius 1 is 0.481 bits per heavy atom. The molecule has 1 aromatic heterocycles. The lowest BCUT2D eigenvalue weighted by atomic mass is 9.63. The molecule has 3 heteroatoms. The second-order valence-electron chi connectivity index (χ2n) is 13.9. The van der Waals surface area contributed by atoms with Gasteiger partial charge in [0.1, 0.15) is 0 Å². The first kappa shape index (κ1) is 31.3. The number of benzene rings is 8. The van der Waals surface area contributed by atoms with Gasteiger partial charge in [0.15, 0.2) is 5.69 Å². The van der Waals surface area contributed by atoms with Crippen LogP contribution in [0.2, 0.25) is 0 Å². The predicted molar refractivity (Wildman–Crippen MR) is 220 cm³/mol. The molecule has 10 rings (SSSR count). The van der Waals surface area contributed by atoms with E-state index < -0.39 is 5.41 Å². The van der Waals surface area contributed by atoms with Crippen molar-refractivity contribution in [2.45, 2.75) is 5.41 Å². The lowest BCUT2D eigenvalue weighted by Crippen LogP contribution is -2.35. The van der Waals surface area contributed by atoms with E-state index >= 15 is 0 Å². The molecule has 2 heterocycles. The lowest BCUT2D eigenvalue weighted by Gasteiger charge is -2.41. The van der Waals surface area contributed by atoms with E-state index in [1.807, 2.05) is 48.5 Å². The fourth-order valence-corrected chi connectivity index (χ4v) is 8.68. The summed E-state index contributed by atoms with van der Waals surface area (Å²) in [5.41, 5.74) is 15.7. The summed E-state index contributed by atoms with van der Waals surface area (Å²) in [7, 11) is 0. The van der Waals surface area contributed by atoms with E-state index in [4.69, 9.17) is 6.57 Å². The van der Waals surface area contributed by atoms with Crippen LogP contribution in [0.25, 0.3) is 65.7 Å². The smallest absolute Gasteiger partial charge is 0.187 e. The number of hydrogen-bond donors (Lipinski definition) is 0. The van der Waals surface area contributed by atoms with E-state index in [2.05, 4.69) is 155 Å². The number of para-hydroxylation sites is 3. The summed E-state index contributed by atoms with van der Waals surface area (Å²) < 4.78 is 2.46. The van der Waals surface area contributed by atoms with Crippen LogP contribution in [0.15, 0.2) is 188 Å². The van der Waals surface area contributed by atoms with Crippen LogP contribution >= 0.6 is 0 Å². The molecular formula is C51H31N3. The monoisotopic (exact) mass is 685 g/mol. The van der Waals surface area contributed by atoms with Crippen molar-refractivity contribution in [1.29, 1.82) is 5.26 Å². The summed E-state index contributed by atoms with van der Waals surface area (Å²) in [6.07, 6.45) is 0. The summed E-state index contributed by atoms with van der Waals surface area (Å²) >= 11 is 0. The maximum atomic E-state index is 9.44. The Hall–Kier alpha value is -7.46. The molecule has 0 radical (unpaired) electrons. The highest BCUT2D eigenvalue weighted by atomic mass is 15.0.